The lowest BCUT2D eigenvalue weighted by Crippen LogP contribution is -2.27. The Kier molecular flexibility index (Phi) is 9.99. The molecule has 0 spiro atoms. The van der Waals surface area contributed by atoms with Gasteiger partial charge in [-0.15, -0.1) is 12.3 Å². The highest BCUT2D eigenvalue weighted by Crippen LogP contribution is 2.23. The van der Waals surface area contributed by atoms with Crippen LogP contribution in [0.1, 0.15) is 39.0 Å². The normalized spacial score (nSPS) is 17.8. The van der Waals surface area contributed by atoms with E-state index in [9.17, 15) is 10.2 Å². The van der Waals surface area contributed by atoms with E-state index in [2.05, 4.69) is 5.92 Å². The van der Waals surface area contributed by atoms with Crippen LogP contribution in [0.4, 0.5) is 0 Å². The van der Waals surface area contributed by atoms with E-state index < -0.39 is 12.2 Å². The molecule has 4 N–H and O–H groups in total. The van der Waals surface area contributed by atoms with Gasteiger partial charge in [-0.3, -0.25) is 0 Å². The average molecular weight is 258 g/mol. The molecule has 0 aromatic carbocycles. The monoisotopic (exact) mass is 258 g/mol. The first-order valence-electron chi connectivity index (χ1n) is 6.58. The van der Waals surface area contributed by atoms with Gasteiger partial charge in [0, 0.05) is 6.42 Å². The molecule has 0 aliphatic rings. The van der Waals surface area contributed by atoms with Gasteiger partial charge in [0.2, 0.25) is 0 Å². The molecule has 0 amide bonds. The van der Waals surface area contributed by atoms with Crippen molar-refractivity contribution in [3.63, 3.8) is 0 Å². The molecule has 0 rings (SSSR count). The number of hydrogen-bond donors (Lipinski definition) is 4. The van der Waals surface area contributed by atoms with Crippen molar-refractivity contribution in [2.24, 2.45) is 11.8 Å². The summed E-state index contributed by atoms with van der Waals surface area (Å²) in [6.07, 6.45) is 7.42. The maximum absolute atomic E-state index is 9.71. The fourth-order valence-electron chi connectivity index (χ4n) is 1.99. The lowest BCUT2D eigenvalue weighted by molar-refractivity contribution is 0.0237. The molecule has 4 unspecified atom stereocenters. The first-order chi connectivity index (χ1) is 8.56. The molecular weight excluding hydrogens is 232 g/mol. The Balaban J connectivity index is 4.11. The average Bonchev–Trinajstić information content (AvgIpc) is 2.40. The Hall–Kier alpha value is -0.600. The number of terminal acetylenes is 1. The van der Waals surface area contributed by atoms with Crippen molar-refractivity contribution in [1.82, 2.24) is 0 Å². The number of aliphatic hydroxyl groups is 4. The van der Waals surface area contributed by atoms with Crippen molar-refractivity contribution in [1.29, 1.82) is 0 Å². The Morgan fingerprint density at radius 3 is 2.11 bits per heavy atom. The van der Waals surface area contributed by atoms with Crippen LogP contribution < -0.4 is 0 Å². The fourth-order valence-corrected chi connectivity index (χ4v) is 1.99. The van der Waals surface area contributed by atoms with Gasteiger partial charge in [0.15, 0.2) is 0 Å². The molecule has 4 heteroatoms. The summed E-state index contributed by atoms with van der Waals surface area (Å²) >= 11 is 0. The van der Waals surface area contributed by atoms with Crippen LogP contribution in [-0.4, -0.2) is 45.8 Å². The Bertz CT molecular complexity index is 236. The number of aliphatic hydroxyl groups excluding tert-OH is 4. The van der Waals surface area contributed by atoms with Crippen molar-refractivity contribution in [3.8, 4) is 12.3 Å². The molecule has 18 heavy (non-hydrogen) atoms. The van der Waals surface area contributed by atoms with Crippen LogP contribution in [-0.2, 0) is 0 Å². The summed E-state index contributed by atoms with van der Waals surface area (Å²) in [4.78, 5) is 0. The van der Waals surface area contributed by atoms with Gasteiger partial charge in [-0.1, -0.05) is 6.92 Å². The molecule has 0 saturated heterocycles. The molecule has 0 aromatic heterocycles. The fraction of sp³-hybridized carbons (Fsp3) is 0.857. The van der Waals surface area contributed by atoms with Gasteiger partial charge in [0.05, 0.1) is 25.4 Å². The van der Waals surface area contributed by atoms with Gasteiger partial charge < -0.3 is 20.4 Å². The third kappa shape index (κ3) is 6.97. The number of rotatable bonds is 10. The Morgan fingerprint density at radius 1 is 1.00 bits per heavy atom. The molecular formula is C14H26O4. The molecule has 4 nitrogen and oxygen atoms in total. The number of hydrogen-bond acceptors (Lipinski definition) is 4. The van der Waals surface area contributed by atoms with E-state index >= 15 is 0 Å². The van der Waals surface area contributed by atoms with Gasteiger partial charge >= 0.3 is 0 Å². The molecule has 0 aliphatic carbocycles. The topological polar surface area (TPSA) is 80.9 Å². The van der Waals surface area contributed by atoms with Crippen LogP contribution in [0, 0.1) is 24.2 Å². The van der Waals surface area contributed by atoms with Gasteiger partial charge in [-0.2, -0.15) is 0 Å². The predicted molar refractivity (Wildman–Crippen MR) is 70.8 cm³/mol. The molecule has 0 bridgehead atoms. The van der Waals surface area contributed by atoms with Crippen LogP contribution in [0.3, 0.4) is 0 Å². The van der Waals surface area contributed by atoms with Gasteiger partial charge in [0.25, 0.3) is 0 Å². The summed E-state index contributed by atoms with van der Waals surface area (Å²) < 4.78 is 0. The summed E-state index contributed by atoms with van der Waals surface area (Å²) in [6, 6.07) is 0. The summed E-state index contributed by atoms with van der Waals surface area (Å²) in [6.45, 7) is 1.37. The smallest absolute Gasteiger partial charge is 0.0799 e. The zero-order chi connectivity index (χ0) is 14.0. The zero-order valence-electron chi connectivity index (χ0n) is 11.1. The van der Waals surface area contributed by atoms with Crippen LogP contribution in [0.5, 0.6) is 0 Å². The molecule has 0 radical (unpaired) electrons. The van der Waals surface area contributed by atoms with E-state index in [0.717, 1.165) is 12.8 Å². The standard InChI is InChI=1S/C14H26O4/c1-3-4-5-6-12(14(18)10-16)8-7-11(2)13(17)9-15/h1,11-18H,4-10H2,2H3. The number of unbranched alkanes of at least 4 members (excludes halogenated alkanes) is 1. The lowest BCUT2D eigenvalue weighted by atomic mass is 9.87. The maximum atomic E-state index is 9.71. The minimum atomic E-state index is -0.735. The quantitative estimate of drug-likeness (QED) is 0.340. The Morgan fingerprint density at radius 2 is 1.61 bits per heavy atom. The summed E-state index contributed by atoms with van der Waals surface area (Å²) in [7, 11) is 0. The third-order valence-electron chi connectivity index (χ3n) is 3.46. The van der Waals surface area contributed by atoms with Crippen molar-refractivity contribution < 1.29 is 20.4 Å². The molecule has 4 atom stereocenters. The molecule has 0 saturated carbocycles. The second-order valence-electron chi connectivity index (χ2n) is 4.91. The van der Waals surface area contributed by atoms with Gasteiger partial charge in [-0.05, 0) is 37.5 Å². The summed E-state index contributed by atoms with van der Waals surface area (Å²) in [5.41, 5.74) is 0. The SMILES string of the molecule is C#CCCCC(CCC(C)C(O)CO)C(O)CO. The highest BCUT2D eigenvalue weighted by molar-refractivity contribution is 4.84. The van der Waals surface area contributed by atoms with Crippen LogP contribution in [0.25, 0.3) is 0 Å². The molecule has 0 aromatic rings. The van der Waals surface area contributed by atoms with Crippen molar-refractivity contribution in [3.05, 3.63) is 0 Å². The second kappa shape index (κ2) is 10.3. The van der Waals surface area contributed by atoms with E-state index in [1.165, 1.54) is 0 Å². The molecule has 0 aliphatic heterocycles. The summed E-state index contributed by atoms with van der Waals surface area (Å²) in [5, 5.41) is 37.0. The highest BCUT2D eigenvalue weighted by atomic mass is 16.3. The van der Waals surface area contributed by atoms with Gasteiger partial charge in [-0.25, -0.2) is 0 Å². The maximum Gasteiger partial charge on any atom is 0.0799 e. The highest BCUT2D eigenvalue weighted by Gasteiger charge is 2.21. The van der Waals surface area contributed by atoms with E-state index in [1.807, 2.05) is 6.92 Å². The van der Waals surface area contributed by atoms with Crippen molar-refractivity contribution >= 4 is 0 Å². The zero-order valence-corrected chi connectivity index (χ0v) is 11.1. The molecule has 0 fully saturated rings. The van der Waals surface area contributed by atoms with Crippen molar-refractivity contribution in [2.75, 3.05) is 13.2 Å². The second-order valence-corrected chi connectivity index (χ2v) is 4.91. The minimum Gasteiger partial charge on any atom is -0.394 e. The van der Waals surface area contributed by atoms with Crippen LogP contribution in [0.15, 0.2) is 0 Å². The Labute approximate surface area is 110 Å². The van der Waals surface area contributed by atoms with E-state index in [1.54, 1.807) is 0 Å². The van der Waals surface area contributed by atoms with E-state index in [0.29, 0.717) is 19.3 Å². The van der Waals surface area contributed by atoms with Crippen LogP contribution in [0.2, 0.25) is 0 Å². The summed E-state index contributed by atoms with van der Waals surface area (Å²) in [5.74, 6) is 2.53. The third-order valence-corrected chi connectivity index (χ3v) is 3.46. The molecule has 0 heterocycles. The minimum absolute atomic E-state index is 0.00306. The van der Waals surface area contributed by atoms with Gasteiger partial charge in [0.1, 0.15) is 0 Å². The van der Waals surface area contributed by atoms with Crippen LogP contribution >= 0.6 is 0 Å². The van der Waals surface area contributed by atoms with E-state index in [-0.39, 0.29) is 25.0 Å². The lowest BCUT2D eigenvalue weighted by Gasteiger charge is -2.24. The largest absolute Gasteiger partial charge is 0.394 e. The first-order valence-corrected chi connectivity index (χ1v) is 6.58. The predicted octanol–water partition coefficient (Wildman–Crippen LogP) is 0.529. The molecule has 106 valence electrons. The first kappa shape index (κ1) is 17.4. The van der Waals surface area contributed by atoms with Crippen molar-refractivity contribution in [2.45, 2.75) is 51.2 Å². The van der Waals surface area contributed by atoms with E-state index in [4.69, 9.17) is 16.6 Å².